The van der Waals surface area contributed by atoms with E-state index in [1.165, 1.54) is 35.0 Å². The summed E-state index contributed by atoms with van der Waals surface area (Å²) in [5.41, 5.74) is 5.30. The number of aromatic amines is 1. The molecule has 0 bridgehead atoms. The molecule has 5 heterocycles. The van der Waals surface area contributed by atoms with Gasteiger partial charge in [-0.1, -0.05) is 43.2 Å². The molecule has 5 aromatic rings. The largest absolute Gasteiger partial charge is 0.489 e. The van der Waals surface area contributed by atoms with Crippen molar-refractivity contribution in [2.45, 2.75) is 57.1 Å². The van der Waals surface area contributed by atoms with Crippen molar-refractivity contribution in [1.82, 2.24) is 24.5 Å². The molecule has 2 atom stereocenters. The number of nitrogens with one attached hydrogen (secondary N) is 3. The van der Waals surface area contributed by atoms with Crippen molar-refractivity contribution >= 4 is 61.2 Å². The van der Waals surface area contributed by atoms with Crippen molar-refractivity contribution in [1.29, 1.82) is 0 Å². The SMILES string of the molecule is C[C@H]1CN(C[C@@H]2COc3cc(S(=O)(=O)NC(=O)c4ccc(N5CCN(CC6=C(c7ccc(Cl)cc7)CC(C)(C)CC6)CC5)cc4Oc4cnc5[nH]ccc5c4)cc([N+](=O)[O-])c3N2)CCO1. The third kappa shape index (κ3) is 10.1. The number of benzene rings is 3. The number of halogens is 1. The lowest BCUT2D eigenvalue weighted by atomic mass is 9.72. The normalized spacial score (nSPS) is 20.5. The molecule has 342 valence electrons. The van der Waals surface area contributed by atoms with Crippen molar-refractivity contribution in [2.24, 2.45) is 5.41 Å². The fraction of sp³-hybridized carbons (Fsp3) is 0.404. The number of nitrogens with zero attached hydrogens (tertiary/aromatic N) is 5. The van der Waals surface area contributed by atoms with Crippen molar-refractivity contribution in [2.75, 3.05) is 75.8 Å². The number of fused-ring (bicyclic) bond motifs is 2. The molecule has 16 nitrogen and oxygen atoms in total. The number of carbonyl (C=O) groups excluding carboxylic acids is 1. The third-order valence-electron chi connectivity index (χ3n) is 12.7. The van der Waals surface area contributed by atoms with Gasteiger partial charge in [-0.25, -0.2) is 18.1 Å². The molecule has 1 aliphatic carbocycles. The number of aromatic nitrogens is 2. The molecule has 3 aromatic carbocycles. The number of amides is 1. The quantitative estimate of drug-likeness (QED) is 0.0818. The lowest BCUT2D eigenvalue weighted by Crippen LogP contribution is -2.48. The van der Waals surface area contributed by atoms with Crippen LogP contribution < -0.4 is 24.4 Å². The molecular weight excluding hydrogens is 872 g/mol. The van der Waals surface area contributed by atoms with Gasteiger partial charge in [0, 0.05) is 92.9 Å². The molecule has 4 aliphatic rings. The van der Waals surface area contributed by atoms with Gasteiger partial charge in [0.2, 0.25) is 0 Å². The fourth-order valence-electron chi connectivity index (χ4n) is 9.25. The van der Waals surface area contributed by atoms with Crippen molar-refractivity contribution in [3.63, 3.8) is 0 Å². The summed E-state index contributed by atoms with van der Waals surface area (Å²) in [7, 11) is -4.66. The van der Waals surface area contributed by atoms with Crippen LogP contribution in [-0.4, -0.2) is 117 Å². The summed E-state index contributed by atoms with van der Waals surface area (Å²) in [5.74, 6) is -0.526. The molecule has 3 N–H and O–H groups in total. The maximum Gasteiger partial charge on any atom is 0.297 e. The number of H-pyrrole nitrogens is 1. The Hall–Kier alpha value is -5.72. The van der Waals surface area contributed by atoms with Gasteiger partial charge >= 0.3 is 0 Å². The van der Waals surface area contributed by atoms with Crippen LogP contribution in [0.1, 0.15) is 56.0 Å². The zero-order valence-electron chi connectivity index (χ0n) is 36.6. The zero-order chi connectivity index (χ0) is 45.5. The van der Waals surface area contributed by atoms with E-state index >= 15 is 0 Å². The highest BCUT2D eigenvalue weighted by Crippen LogP contribution is 2.44. The second kappa shape index (κ2) is 18.3. The van der Waals surface area contributed by atoms with Gasteiger partial charge in [0.1, 0.15) is 23.8 Å². The average molecular weight is 926 g/mol. The predicted octanol–water partition coefficient (Wildman–Crippen LogP) is 7.72. The number of nitro benzene ring substituents is 1. The Morgan fingerprint density at radius 2 is 1.85 bits per heavy atom. The summed E-state index contributed by atoms with van der Waals surface area (Å²) in [6.07, 6.45) is 6.52. The first-order chi connectivity index (χ1) is 31.2. The van der Waals surface area contributed by atoms with Crippen molar-refractivity contribution in [3.8, 4) is 17.2 Å². The molecule has 9 rings (SSSR count). The van der Waals surface area contributed by atoms with Gasteiger partial charge in [-0.3, -0.25) is 24.7 Å². The Balaban J connectivity index is 0.935. The number of sulfonamides is 1. The molecule has 0 unspecified atom stereocenters. The monoisotopic (exact) mass is 924 g/mol. The van der Waals surface area contributed by atoms with Crippen LogP contribution in [0.2, 0.25) is 5.02 Å². The summed E-state index contributed by atoms with van der Waals surface area (Å²) in [6.45, 7) is 13.3. The Kier molecular flexibility index (Phi) is 12.5. The highest BCUT2D eigenvalue weighted by molar-refractivity contribution is 7.90. The molecule has 2 aromatic heterocycles. The first-order valence-corrected chi connectivity index (χ1v) is 23.8. The number of ether oxygens (including phenoxy) is 3. The minimum absolute atomic E-state index is 0.00107. The molecule has 2 saturated heterocycles. The van der Waals surface area contributed by atoms with Crippen LogP contribution in [-0.2, 0) is 14.8 Å². The van der Waals surface area contributed by atoms with Gasteiger partial charge in [-0.05, 0) is 79.1 Å². The van der Waals surface area contributed by atoms with Crippen LogP contribution in [0.15, 0.2) is 89.6 Å². The third-order valence-corrected chi connectivity index (χ3v) is 14.3. The standard InChI is InChI=1S/C47H53ClN8O8S/c1-30-26-54(18-19-62-30)28-35-29-63-43-23-38(22-41(56(58)59)44(43)51-35)65(60,61)52-46(57)39-9-8-36(21-42(39)64-37-20-32-11-13-49-45(32)50-25-37)55-16-14-53(15-17-55)27-33-10-12-47(2,3)24-40(33)31-4-6-34(48)7-5-31/h4-9,11,13,20-23,25,30,35,51H,10,12,14-19,24,26-29H2,1-3H3,(H,49,50)(H,52,57)/t30-,35+/m0/s1. The molecule has 0 spiro atoms. The van der Waals surface area contributed by atoms with Crippen LogP contribution in [0, 0.1) is 15.5 Å². The van der Waals surface area contributed by atoms with Crippen LogP contribution in [0.4, 0.5) is 17.1 Å². The summed E-state index contributed by atoms with van der Waals surface area (Å²) in [6, 6.07) is 18.7. The van der Waals surface area contributed by atoms with E-state index in [2.05, 4.69) is 60.7 Å². The highest BCUT2D eigenvalue weighted by Gasteiger charge is 2.34. The fourth-order valence-corrected chi connectivity index (χ4v) is 10.4. The summed E-state index contributed by atoms with van der Waals surface area (Å²) < 4.78 is 47.9. The van der Waals surface area contributed by atoms with Gasteiger partial charge in [-0.15, -0.1) is 0 Å². The topological polar surface area (TPSA) is 184 Å². The highest BCUT2D eigenvalue weighted by atomic mass is 35.5. The van der Waals surface area contributed by atoms with E-state index in [1.807, 2.05) is 25.1 Å². The van der Waals surface area contributed by atoms with Crippen LogP contribution in [0.25, 0.3) is 16.6 Å². The van der Waals surface area contributed by atoms with E-state index in [9.17, 15) is 23.3 Å². The maximum atomic E-state index is 14.1. The molecule has 0 radical (unpaired) electrons. The maximum absolute atomic E-state index is 14.1. The van der Waals surface area contributed by atoms with E-state index in [4.69, 9.17) is 25.8 Å². The van der Waals surface area contributed by atoms with Gasteiger partial charge in [0.05, 0.1) is 40.3 Å². The minimum Gasteiger partial charge on any atom is -0.489 e. The average Bonchev–Trinajstić information content (AvgIpc) is 3.75. The van der Waals surface area contributed by atoms with E-state index in [-0.39, 0.29) is 46.9 Å². The number of morpholine rings is 1. The Labute approximate surface area is 383 Å². The van der Waals surface area contributed by atoms with Gasteiger partial charge in [0.25, 0.3) is 21.6 Å². The minimum atomic E-state index is -4.66. The molecule has 2 fully saturated rings. The molecule has 65 heavy (non-hydrogen) atoms. The van der Waals surface area contributed by atoms with Gasteiger partial charge in [0.15, 0.2) is 11.4 Å². The summed E-state index contributed by atoms with van der Waals surface area (Å²) >= 11 is 6.25. The van der Waals surface area contributed by atoms with Crippen LogP contribution in [0.3, 0.4) is 0 Å². The predicted molar refractivity (Wildman–Crippen MR) is 250 cm³/mol. The number of rotatable bonds is 12. The first-order valence-electron chi connectivity index (χ1n) is 22.0. The lowest BCUT2D eigenvalue weighted by Gasteiger charge is -2.39. The van der Waals surface area contributed by atoms with Gasteiger partial charge in [-0.2, -0.15) is 0 Å². The lowest BCUT2D eigenvalue weighted by molar-refractivity contribution is -0.384. The Morgan fingerprint density at radius 3 is 2.62 bits per heavy atom. The van der Waals surface area contributed by atoms with E-state index in [1.54, 1.807) is 24.4 Å². The second-order valence-electron chi connectivity index (χ2n) is 18.2. The van der Waals surface area contributed by atoms with E-state index < -0.39 is 31.4 Å². The number of hydrogen-bond acceptors (Lipinski definition) is 13. The number of piperazine rings is 1. The summed E-state index contributed by atoms with van der Waals surface area (Å²) in [4.78, 5) is 39.6. The van der Waals surface area contributed by atoms with Crippen molar-refractivity contribution in [3.05, 3.63) is 111 Å². The zero-order valence-corrected chi connectivity index (χ0v) is 38.2. The Bertz CT molecular complexity index is 2750. The second-order valence-corrected chi connectivity index (χ2v) is 20.3. The van der Waals surface area contributed by atoms with Crippen LogP contribution in [0.5, 0.6) is 17.2 Å². The molecular formula is C47H53ClN8O8S. The van der Waals surface area contributed by atoms with Crippen molar-refractivity contribution < 1.29 is 32.3 Å². The number of pyridine rings is 1. The number of hydrogen-bond donors (Lipinski definition) is 3. The van der Waals surface area contributed by atoms with E-state index in [0.29, 0.717) is 50.7 Å². The Morgan fingerprint density at radius 1 is 1.05 bits per heavy atom. The number of nitro groups is 1. The number of allylic oxidation sites excluding steroid dienone is 1. The first kappa shape index (κ1) is 44.5. The molecule has 1 amide bonds. The van der Waals surface area contributed by atoms with Gasteiger partial charge < -0.3 is 29.4 Å². The van der Waals surface area contributed by atoms with E-state index in [0.717, 1.165) is 61.1 Å². The summed E-state index contributed by atoms with van der Waals surface area (Å²) in [5, 5.41) is 17.1. The number of carbonyl (C=O) groups is 1. The smallest absolute Gasteiger partial charge is 0.297 e. The molecule has 3 aliphatic heterocycles. The van der Waals surface area contributed by atoms with Crippen LogP contribution >= 0.6 is 11.6 Å². The molecule has 0 saturated carbocycles. The molecule has 18 heteroatoms. The number of anilines is 2.